The summed E-state index contributed by atoms with van der Waals surface area (Å²) in [6, 6.07) is 0. The van der Waals surface area contributed by atoms with Crippen molar-refractivity contribution in [3.63, 3.8) is 0 Å². The van der Waals surface area contributed by atoms with E-state index in [0.29, 0.717) is 23.9 Å². The molecule has 9 heteroatoms. The molecule has 0 rings (SSSR count). The number of carboxylic acids is 1. The molecule has 0 aromatic rings. The Bertz CT molecular complexity index is 1630. The van der Waals surface area contributed by atoms with Gasteiger partial charge in [0.25, 0.3) is 0 Å². The van der Waals surface area contributed by atoms with Gasteiger partial charge >= 0.3 is 11.9 Å². The van der Waals surface area contributed by atoms with E-state index < -0.39 is 24.3 Å². The number of unbranched alkanes of at least 4 members (excludes halogenated alkanes) is 46. The Morgan fingerprint density at radius 2 is 0.648 bits per heavy atom. The van der Waals surface area contributed by atoms with Gasteiger partial charge in [0.1, 0.15) is 13.2 Å². The van der Waals surface area contributed by atoms with Crippen molar-refractivity contribution in [3.05, 3.63) is 60.8 Å². The molecule has 0 bridgehead atoms. The van der Waals surface area contributed by atoms with Crippen LogP contribution in [0, 0.1) is 0 Å². The summed E-state index contributed by atoms with van der Waals surface area (Å²) in [5.41, 5.74) is 0. The van der Waals surface area contributed by atoms with Gasteiger partial charge in [0, 0.05) is 12.8 Å². The lowest BCUT2D eigenvalue weighted by Gasteiger charge is -2.26. The molecule has 0 fully saturated rings. The molecule has 0 aromatic carbocycles. The second-order valence-corrected chi connectivity index (χ2v) is 26.9. The minimum atomic E-state index is -1.63. The number of allylic oxidation sites excluding steroid dienone is 10. The van der Waals surface area contributed by atoms with Crippen LogP contribution in [0.4, 0.5) is 0 Å². The van der Waals surface area contributed by atoms with Crippen LogP contribution in [0.5, 0.6) is 0 Å². The number of likely N-dealkylation sites (N-methyl/N-ethyl adjacent to an activating group) is 1. The van der Waals surface area contributed by atoms with Crippen LogP contribution in [0.2, 0.25) is 0 Å². The predicted octanol–water partition coefficient (Wildman–Crippen LogP) is 22.5. The van der Waals surface area contributed by atoms with Crippen molar-refractivity contribution < 1.29 is 42.9 Å². The van der Waals surface area contributed by atoms with Crippen LogP contribution in [-0.4, -0.2) is 82.3 Å². The fourth-order valence-electron chi connectivity index (χ4n) is 11.3. The summed E-state index contributed by atoms with van der Waals surface area (Å²) < 4.78 is 22.8. The molecule has 2 unspecified atom stereocenters. The van der Waals surface area contributed by atoms with E-state index >= 15 is 0 Å². The number of carboxylic acid groups (broad SMARTS) is 1. The largest absolute Gasteiger partial charge is 0.545 e. The minimum absolute atomic E-state index is 0.146. The second kappa shape index (κ2) is 69.9. The molecule has 0 amide bonds. The third-order valence-electron chi connectivity index (χ3n) is 17.0. The van der Waals surface area contributed by atoms with Crippen LogP contribution in [0.1, 0.15) is 367 Å². The second-order valence-electron chi connectivity index (χ2n) is 26.9. The van der Waals surface area contributed by atoms with Gasteiger partial charge in [-0.25, -0.2) is 0 Å². The van der Waals surface area contributed by atoms with E-state index in [4.69, 9.17) is 18.9 Å². The zero-order valence-corrected chi connectivity index (χ0v) is 58.9. The highest BCUT2D eigenvalue weighted by Gasteiger charge is 2.22. The lowest BCUT2D eigenvalue weighted by atomic mass is 10.0. The third-order valence-corrected chi connectivity index (χ3v) is 17.0. The van der Waals surface area contributed by atoms with Crippen LogP contribution < -0.4 is 5.11 Å². The lowest BCUT2D eigenvalue weighted by Crippen LogP contribution is -2.44. The number of carbonyl (C=O) groups excluding carboxylic acids is 3. The third kappa shape index (κ3) is 70.4. The Balaban J connectivity index is 3.98. The highest BCUT2D eigenvalue weighted by atomic mass is 16.7. The van der Waals surface area contributed by atoms with Gasteiger partial charge in [0.2, 0.25) is 0 Å². The van der Waals surface area contributed by atoms with Crippen molar-refractivity contribution in [2.45, 2.75) is 379 Å². The maximum atomic E-state index is 12.9. The van der Waals surface area contributed by atoms with E-state index in [1.54, 1.807) is 0 Å². The molecule has 0 aliphatic carbocycles. The summed E-state index contributed by atoms with van der Waals surface area (Å²) >= 11 is 0. The van der Waals surface area contributed by atoms with Gasteiger partial charge in [-0.1, -0.05) is 357 Å². The number of rotatable bonds is 71. The van der Waals surface area contributed by atoms with E-state index in [0.717, 1.165) is 77.0 Å². The molecule has 0 N–H and O–H groups in total. The number of quaternary nitrogens is 1. The molecule has 88 heavy (non-hydrogen) atoms. The zero-order chi connectivity index (χ0) is 64.0. The lowest BCUT2D eigenvalue weighted by molar-refractivity contribution is -0.870. The van der Waals surface area contributed by atoms with E-state index in [1.807, 2.05) is 21.1 Å². The van der Waals surface area contributed by atoms with Gasteiger partial charge < -0.3 is 33.3 Å². The monoisotopic (exact) mass is 1240 g/mol. The first kappa shape index (κ1) is 85.0. The van der Waals surface area contributed by atoms with E-state index in [2.05, 4.69) is 74.6 Å². The molecule has 0 spiro atoms. The first-order chi connectivity index (χ1) is 43.1. The highest BCUT2D eigenvalue weighted by Crippen LogP contribution is 2.19. The quantitative estimate of drug-likeness (QED) is 0.0195. The summed E-state index contributed by atoms with van der Waals surface area (Å²) in [6.07, 6.45) is 89.1. The SMILES string of the molecule is CC/C=C\C/C=C\C/C=C\C/C=C\C/C=C\CCCCCCCCCCCC(=O)OC(COC(=O)CCCCCCCCCCCCCCCCCCCCCCCCCCCCCCCCCCCCCCCC)COC(OCC[N+](C)(C)C)C(=O)[O-]. The van der Waals surface area contributed by atoms with Crippen molar-refractivity contribution in [1.82, 2.24) is 0 Å². The van der Waals surface area contributed by atoms with E-state index in [-0.39, 0.29) is 32.2 Å². The first-order valence-electron chi connectivity index (χ1n) is 37.9. The Kier molecular flexibility index (Phi) is 67.5. The first-order valence-corrected chi connectivity index (χ1v) is 37.9. The number of hydrogen-bond acceptors (Lipinski definition) is 8. The molecular weight excluding hydrogens is 1090 g/mol. The van der Waals surface area contributed by atoms with Gasteiger partial charge in [-0.3, -0.25) is 9.59 Å². The molecule has 0 saturated carbocycles. The summed E-state index contributed by atoms with van der Waals surface area (Å²) in [5.74, 6) is -2.27. The van der Waals surface area contributed by atoms with Crippen LogP contribution in [0.3, 0.4) is 0 Å². The molecule has 0 aliphatic rings. The molecule has 2 atom stereocenters. The number of ether oxygens (including phenoxy) is 4. The van der Waals surface area contributed by atoms with Crippen molar-refractivity contribution in [3.8, 4) is 0 Å². The number of carbonyl (C=O) groups is 3. The molecule has 0 saturated heterocycles. The van der Waals surface area contributed by atoms with Gasteiger partial charge in [-0.05, 0) is 57.8 Å². The van der Waals surface area contributed by atoms with E-state index in [9.17, 15) is 19.5 Å². The normalized spacial score (nSPS) is 13.0. The Morgan fingerprint density at radius 1 is 0.352 bits per heavy atom. The van der Waals surface area contributed by atoms with Crippen molar-refractivity contribution in [2.24, 2.45) is 0 Å². The Morgan fingerprint density at radius 3 is 0.966 bits per heavy atom. The molecule has 0 radical (unpaired) electrons. The number of hydrogen-bond donors (Lipinski definition) is 0. The Labute approximate surface area is 545 Å². The number of aliphatic carboxylic acids is 1. The summed E-state index contributed by atoms with van der Waals surface area (Å²) in [5, 5.41) is 11.8. The summed E-state index contributed by atoms with van der Waals surface area (Å²) in [4.78, 5) is 37.5. The average molecular weight is 1240 g/mol. The van der Waals surface area contributed by atoms with E-state index in [1.165, 1.54) is 257 Å². The topological polar surface area (TPSA) is 111 Å². The fourth-order valence-corrected chi connectivity index (χ4v) is 11.3. The Hall–Kier alpha value is -3.01. The highest BCUT2D eigenvalue weighted by molar-refractivity contribution is 5.70. The molecule has 9 nitrogen and oxygen atoms in total. The smallest absolute Gasteiger partial charge is 0.306 e. The van der Waals surface area contributed by atoms with Crippen LogP contribution in [0.15, 0.2) is 60.8 Å². The van der Waals surface area contributed by atoms with Gasteiger partial charge in [-0.2, -0.15) is 0 Å². The molecule has 0 aliphatic heterocycles. The summed E-state index contributed by atoms with van der Waals surface area (Å²) in [7, 11) is 5.94. The maximum absolute atomic E-state index is 12.9. The van der Waals surface area contributed by atoms with Crippen molar-refractivity contribution >= 4 is 17.9 Å². The van der Waals surface area contributed by atoms with Crippen LogP contribution in [-0.2, 0) is 33.3 Å². The van der Waals surface area contributed by atoms with Crippen LogP contribution >= 0.6 is 0 Å². The fraction of sp³-hybridized carbons (Fsp3) is 0.835. The van der Waals surface area contributed by atoms with Gasteiger partial charge in [-0.15, -0.1) is 0 Å². The van der Waals surface area contributed by atoms with Crippen molar-refractivity contribution in [2.75, 3.05) is 47.5 Å². The molecule has 0 aromatic heterocycles. The van der Waals surface area contributed by atoms with Gasteiger partial charge in [0.05, 0.1) is 40.3 Å². The average Bonchev–Trinajstić information content (AvgIpc) is 3.62. The number of nitrogens with zero attached hydrogens (tertiary/aromatic N) is 1. The standard InChI is InChI=1S/C79H145NO8/c1-6-8-10-12-14-16-18-20-22-24-26-28-30-32-33-34-35-36-37-38-39-40-41-42-43-44-46-47-49-51-53-55-57-59-61-63-65-67-69-76(81)86-73-75(74-87-79(78(83)84)85-72-71-80(3,4)5)88-77(82)70-68-66-64-62-60-58-56-54-52-50-48-45-31-29-27-25-23-21-19-17-15-13-11-9-7-2/h9,11,15,17,21,23,27,29,45,48,75,79H,6-8,10,12-14,16,18-20,22,24-26,28,30-44,46-47,49-74H2,1-5H3/b11-9-,17-15-,23-21-,29-27-,48-45-. The molecule has 0 heterocycles. The van der Waals surface area contributed by atoms with Crippen molar-refractivity contribution in [1.29, 1.82) is 0 Å². The maximum Gasteiger partial charge on any atom is 0.306 e. The zero-order valence-electron chi connectivity index (χ0n) is 58.9. The molecule has 514 valence electrons. The minimum Gasteiger partial charge on any atom is -0.545 e. The number of esters is 2. The molecular formula is C79H145NO8. The summed E-state index contributed by atoms with van der Waals surface area (Å²) in [6.45, 7) is 4.68. The van der Waals surface area contributed by atoms with Gasteiger partial charge in [0.15, 0.2) is 12.4 Å². The van der Waals surface area contributed by atoms with Crippen LogP contribution in [0.25, 0.3) is 0 Å². The predicted molar refractivity (Wildman–Crippen MR) is 375 cm³/mol.